The van der Waals surface area contributed by atoms with Crippen molar-refractivity contribution in [1.29, 1.82) is 0 Å². The Kier molecular flexibility index (Phi) is 4.37. The van der Waals surface area contributed by atoms with Gasteiger partial charge in [0.1, 0.15) is 4.88 Å². The molecule has 0 radical (unpaired) electrons. The van der Waals surface area contributed by atoms with Gasteiger partial charge in [-0.15, -0.1) is 0 Å². The van der Waals surface area contributed by atoms with E-state index in [1.807, 2.05) is 6.92 Å². The van der Waals surface area contributed by atoms with Gasteiger partial charge in [-0.05, 0) is 30.6 Å². The maximum absolute atomic E-state index is 11.4. The number of thiazole rings is 1. The van der Waals surface area contributed by atoms with Crippen LogP contribution in [0, 0.1) is 5.41 Å². The highest BCUT2D eigenvalue weighted by Gasteiger charge is 2.30. The Labute approximate surface area is 124 Å². The van der Waals surface area contributed by atoms with E-state index in [-0.39, 0.29) is 11.3 Å². The van der Waals surface area contributed by atoms with Gasteiger partial charge in [-0.3, -0.25) is 0 Å². The number of nitrogens with zero attached hydrogens (tertiary/aromatic N) is 2. The second-order valence-corrected chi connectivity index (χ2v) is 7.49. The lowest BCUT2D eigenvalue weighted by Gasteiger charge is -2.37. The Bertz CT molecular complexity index is 496. The van der Waals surface area contributed by atoms with Crippen molar-refractivity contribution in [2.24, 2.45) is 5.41 Å². The summed E-state index contributed by atoms with van der Waals surface area (Å²) in [7, 11) is 0. The zero-order valence-corrected chi connectivity index (χ0v) is 13.6. The topological polar surface area (TPSA) is 53.4 Å². The second kappa shape index (κ2) is 5.72. The fourth-order valence-electron chi connectivity index (χ4n) is 2.72. The van der Waals surface area contributed by atoms with Gasteiger partial charge in [0.25, 0.3) is 0 Å². The van der Waals surface area contributed by atoms with Crippen LogP contribution in [0.15, 0.2) is 0 Å². The van der Waals surface area contributed by atoms with Gasteiger partial charge in [-0.2, -0.15) is 0 Å². The van der Waals surface area contributed by atoms with Crippen LogP contribution in [0.1, 0.15) is 68.2 Å². The van der Waals surface area contributed by atoms with E-state index in [4.69, 9.17) is 0 Å². The smallest absolute Gasteiger partial charge is 0.347 e. The fourth-order valence-corrected chi connectivity index (χ4v) is 3.77. The number of piperidine rings is 1. The highest BCUT2D eigenvalue weighted by molar-refractivity contribution is 7.17. The SMILES string of the molecule is CCC(C)c1nc(N2CCCC(C)(C)C2)sc1C(=O)O. The average molecular weight is 296 g/mol. The summed E-state index contributed by atoms with van der Waals surface area (Å²) in [6.07, 6.45) is 3.28. The van der Waals surface area contributed by atoms with E-state index < -0.39 is 5.97 Å². The average Bonchev–Trinajstić information content (AvgIpc) is 2.81. The van der Waals surface area contributed by atoms with Crippen LogP contribution in [-0.4, -0.2) is 29.1 Å². The first-order valence-electron chi connectivity index (χ1n) is 7.33. The summed E-state index contributed by atoms with van der Waals surface area (Å²) in [5.41, 5.74) is 1.03. The first kappa shape index (κ1) is 15.3. The third-order valence-corrected chi connectivity index (χ3v) is 5.21. The van der Waals surface area contributed by atoms with E-state index in [1.54, 1.807) is 0 Å². The summed E-state index contributed by atoms with van der Waals surface area (Å²) in [4.78, 5) is 18.7. The van der Waals surface area contributed by atoms with Crippen LogP contribution < -0.4 is 4.90 Å². The van der Waals surface area contributed by atoms with Crippen LogP contribution in [0.2, 0.25) is 0 Å². The Morgan fingerprint density at radius 3 is 2.80 bits per heavy atom. The minimum absolute atomic E-state index is 0.198. The maximum Gasteiger partial charge on any atom is 0.347 e. The summed E-state index contributed by atoms with van der Waals surface area (Å²) < 4.78 is 0. The second-order valence-electron chi connectivity index (χ2n) is 6.51. The molecular formula is C15H24N2O2S. The fraction of sp³-hybridized carbons (Fsp3) is 0.733. The van der Waals surface area contributed by atoms with Crippen molar-refractivity contribution in [3.8, 4) is 0 Å². The van der Waals surface area contributed by atoms with Crippen LogP contribution >= 0.6 is 11.3 Å². The minimum atomic E-state index is -0.847. The van der Waals surface area contributed by atoms with Gasteiger partial charge in [0.15, 0.2) is 5.13 Å². The van der Waals surface area contributed by atoms with Crippen molar-refractivity contribution in [2.45, 2.75) is 52.9 Å². The molecule has 0 spiro atoms. The Balaban J connectivity index is 2.31. The molecule has 1 atom stereocenters. The molecule has 0 bridgehead atoms. The molecule has 1 unspecified atom stereocenters. The number of anilines is 1. The number of aromatic carboxylic acids is 1. The van der Waals surface area contributed by atoms with Gasteiger partial charge in [0.05, 0.1) is 5.69 Å². The third-order valence-electron chi connectivity index (χ3n) is 4.09. The van der Waals surface area contributed by atoms with Gasteiger partial charge in [-0.25, -0.2) is 9.78 Å². The standard InChI is InChI=1S/C15H24N2O2S/c1-5-10(2)11-12(13(18)19)20-14(16-11)17-8-6-7-15(3,4)9-17/h10H,5-9H2,1-4H3,(H,18,19). The molecule has 0 amide bonds. The predicted molar refractivity (Wildman–Crippen MR) is 83.0 cm³/mol. The van der Waals surface area contributed by atoms with Crippen molar-refractivity contribution in [3.05, 3.63) is 10.6 Å². The molecule has 1 aromatic heterocycles. The third kappa shape index (κ3) is 3.14. The van der Waals surface area contributed by atoms with E-state index in [2.05, 4.69) is 30.7 Å². The van der Waals surface area contributed by atoms with Crippen LogP contribution in [0.5, 0.6) is 0 Å². The summed E-state index contributed by atoms with van der Waals surface area (Å²) >= 11 is 1.33. The predicted octanol–water partition coefficient (Wildman–Crippen LogP) is 3.98. The number of rotatable bonds is 4. The van der Waals surface area contributed by atoms with E-state index in [0.29, 0.717) is 4.88 Å². The van der Waals surface area contributed by atoms with Gasteiger partial charge in [0.2, 0.25) is 0 Å². The number of carbonyl (C=O) groups is 1. The number of carboxylic acid groups (broad SMARTS) is 1. The summed E-state index contributed by atoms with van der Waals surface area (Å²) in [6, 6.07) is 0. The van der Waals surface area contributed by atoms with Crippen molar-refractivity contribution >= 4 is 22.4 Å². The normalized spacial score (nSPS) is 19.9. The zero-order chi connectivity index (χ0) is 14.9. The van der Waals surface area contributed by atoms with Crippen molar-refractivity contribution in [2.75, 3.05) is 18.0 Å². The molecule has 2 heterocycles. The summed E-state index contributed by atoms with van der Waals surface area (Å²) in [5, 5.41) is 10.3. The molecule has 112 valence electrons. The lowest BCUT2D eigenvalue weighted by Crippen LogP contribution is -2.40. The number of hydrogen-bond donors (Lipinski definition) is 1. The van der Waals surface area contributed by atoms with E-state index in [0.717, 1.165) is 36.8 Å². The molecule has 1 saturated heterocycles. The van der Waals surface area contributed by atoms with Gasteiger partial charge < -0.3 is 10.0 Å². The molecule has 0 aliphatic carbocycles. The lowest BCUT2D eigenvalue weighted by atomic mass is 9.84. The van der Waals surface area contributed by atoms with Crippen molar-refractivity contribution in [3.63, 3.8) is 0 Å². The molecule has 1 N–H and O–H groups in total. The van der Waals surface area contributed by atoms with E-state index >= 15 is 0 Å². The summed E-state index contributed by atoms with van der Waals surface area (Å²) in [6.45, 7) is 10.6. The van der Waals surface area contributed by atoms with Crippen LogP contribution in [0.3, 0.4) is 0 Å². The lowest BCUT2D eigenvalue weighted by molar-refractivity contribution is 0.0700. The Hall–Kier alpha value is -1.10. The molecule has 2 rings (SSSR count). The Morgan fingerprint density at radius 1 is 1.55 bits per heavy atom. The van der Waals surface area contributed by atoms with Crippen molar-refractivity contribution in [1.82, 2.24) is 4.98 Å². The van der Waals surface area contributed by atoms with Gasteiger partial charge in [0, 0.05) is 13.1 Å². The van der Waals surface area contributed by atoms with Crippen molar-refractivity contribution < 1.29 is 9.90 Å². The molecule has 0 aromatic carbocycles. The minimum Gasteiger partial charge on any atom is -0.477 e. The summed E-state index contributed by atoms with van der Waals surface area (Å²) in [5.74, 6) is -0.649. The highest BCUT2D eigenvalue weighted by Crippen LogP contribution is 2.36. The molecule has 1 fully saturated rings. The van der Waals surface area contributed by atoms with Crippen LogP contribution in [0.4, 0.5) is 5.13 Å². The zero-order valence-electron chi connectivity index (χ0n) is 12.8. The molecule has 0 saturated carbocycles. The number of carboxylic acids is 1. The molecule has 20 heavy (non-hydrogen) atoms. The molecule has 1 aliphatic heterocycles. The first-order valence-corrected chi connectivity index (χ1v) is 8.14. The monoisotopic (exact) mass is 296 g/mol. The van der Waals surface area contributed by atoms with E-state index in [9.17, 15) is 9.90 Å². The van der Waals surface area contributed by atoms with Gasteiger partial charge in [-0.1, -0.05) is 39.0 Å². The highest BCUT2D eigenvalue weighted by atomic mass is 32.1. The largest absolute Gasteiger partial charge is 0.477 e. The molecule has 5 heteroatoms. The van der Waals surface area contributed by atoms with Gasteiger partial charge >= 0.3 is 5.97 Å². The Morgan fingerprint density at radius 2 is 2.25 bits per heavy atom. The quantitative estimate of drug-likeness (QED) is 0.913. The number of aromatic nitrogens is 1. The molecule has 1 aliphatic rings. The van der Waals surface area contributed by atoms with E-state index in [1.165, 1.54) is 17.8 Å². The number of hydrogen-bond acceptors (Lipinski definition) is 4. The molecular weight excluding hydrogens is 272 g/mol. The van der Waals surface area contributed by atoms with Crippen LogP contribution in [-0.2, 0) is 0 Å². The first-order chi connectivity index (χ1) is 9.34. The maximum atomic E-state index is 11.4. The molecule has 4 nitrogen and oxygen atoms in total. The molecule has 1 aromatic rings. The van der Waals surface area contributed by atoms with Crippen LogP contribution in [0.25, 0.3) is 0 Å².